The first-order chi connectivity index (χ1) is 8.45. The average molecular weight is 272 g/mol. The van der Waals surface area contributed by atoms with Gasteiger partial charge in [0.05, 0.1) is 5.75 Å². The van der Waals surface area contributed by atoms with Gasteiger partial charge in [-0.05, 0) is 21.0 Å². The number of hydrogen-bond acceptors (Lipinski definition) is 5. The number of likely N-dealkylation sites (N-methyl/N-ethyl adjacent to an activating group) is 1. The third-order valence-corrected chi connectivity index (χ3v) is 3.37. The number of carboxylic acid groups (broad SMARTS) is 1. The zero-order chi connectivity index (χ0) is 13.7. The summed E-state index contributed by atoms with van der Waals surface area (Å²) in [7, 11) is 4.02. The predicted molar refractivity (Wildman–Crippen MR) is 71.0 cm³/mol. The zero-order valence-corrected chi connectivity index (χ0v) is 12.1. The van der Waals surface area contributed by atoms with E-state index in [9.17, 15) is 4.79 Å². The van der Waals surface area contributed by atoms with Crippen LogP contribution in [-0.2, 0) is 11.2 Å². The molecule has 1 heterocycles. The summed E-state index contributed by atoms with van der Waals surface area (Å²) in [5.41, 5.74) is 0. The molecule has 1 aromatic heterocycles. The van der Waals surface area contributed by atoms with E-state index in [4.69, 9.17) is 5.11 Å². The van der Waals surface area contributed by atoms with E-state index >= 15 is 0 Å². The summed E-state index contributed by atoms with van der Waals surface area (Å²) in [4.78, 5) is 12.7. The van der Waals surface area contributed by atoms with E-state index in [1.807, 2.05) is 25.6 Å². The Bertz CT molecular complexity index is 406. The van der Waals surface area contributed by atoms with Crippen molar-refractivity contribution in [3.8, 4) is 0 Å². The van der Waals surface area contributed by atoms with Crippen LogP contribution in [0.1, 0.15) is 25.7 Å². The van der Waals surface area contributed by atoms with Crippen LogP contribution in [0.2, 0.25) is 0 Å². The van der Waals surface area contributed by atoms with Crippen LogP contribution in [0.15, 0.2) is 5.16 Å². The highest BCUT2D eigenvalue weighted by Crippen LogP contribution is 2.22. The highest BCUT2D eigenvalue weighted by molar-refractivity contribution is 7.99. The second-order valence-corrected chi connectivity index (χ2v) is 5.36. The molecule has 1 N–H and O–H groups in total. The molecule has 1 unspecified atom stereocenters. The van der Waals surface area contributed by atoms with Crippen LogP contribution >= 0.6 is 11.8 Å². The van der Waals surface area contributed by atoms with Crippen molar-refractivity contribution in [2.75, 3.05) is 26.4 Å². The van der Waals surface area contributed by atoms with E-state index in [2.05, 4.69) is 22.0 Å². The number of aliphatic carboxylic acids is 1. The van der Waals surface area contributed by atoms with Crippen molar-refractivity contribution in [1.29, 1.82) is 0 Å². The highest BCUT2D eigenvalue weighted by atomic mass is 32.2. The van der Waals surface area contributed by atoms with Gasteiger partial charge in [-0.1, -0.05) is 18.7 Å². The molecule has 102 valence electrons. The number of aryl methyl sites for hydroxylation is 1. The summed E-state index contributed by atoms with van der Waals surface area (Å²) in [6.07, 6.45) is 0.790. The SMILES string of the molecule is CCc1nnc(SCC(=O)O)n1C(C)CN(C)C. The van der Waals surface area contributed by atoms with Crippen LogP contribution < -0.4 is 0 Å². The maximum absolute atomic E-state index is 10.6. The lowest BCUT2D eigenvalue weighted by atomic mass is 10.3. The van der Waals surface area contributed by atoms with E-state index in [0.29, 0.717) is 5.16 Å². The van der Waals surface area contributed by atoms with Gasteiger partial charge in [-0.2, -0.15) is 0 Å². The molecule has 0 saturated heterocycles. The quantitative estimate of drug-likeness (QED) is 0.751. The second-order valence-electron chi connectivity index (χ2n) is 4.42. The Balaban J connectivity index is 2.90. The van der Waals surface area contributed by atoms with Crippen LogP contribution in [0.5, 0.6) is 0 Å². The normalized spacial score (nSPS) is 12.9. The van der Waals surface area contributed by atoms with Crippen molar-refractivity contribution in [2.45, 2.75) is 31.5 Å². The summed E-state index contributed by atoms with van der Waals surface area (Å²) >= 11 is 1.22. The number of rotatable bonds is 7. The predicted octanol–water partition coefficient (Wildman–Crippen LogP) is 1.14. The molecule has 0 spiro atoms. The summed E-state index contributed by atoms with van der Waals surface area (Å²) < 4.78 is 2.04. The fourth-order valence-corrected chi connectivity index (χ4v) is 2.60. The van der Waals surface area contributed by atoms with Gasteiger partial charge < -0.3 is 14.6 Å². The molecule has 0 aliphatic rings. The van der Waals surface area contributed by atoms with Gasteiger partial charge in [0.2, 0.25) is 0 Å². The summed E-state index contributed by atoms with van der Waals surface area (Å²) in [5.74, 6) is 0.0707. The summed E-state index contributed by atoms with van der Waals surface area (Å²) in [6, 6.07) is 0.223. The smallest absolute Gasteiger partial charge is 0.313 e. The maximum Gasteiger partial charge on any atom is 0.313 e. The maximum atomic E-state index is 10.6. The van der Waals surface area contributed by atoms with Crippen molar-refractivity contribution < 1.29 is 9.90 Å². The number of aromatic nitrogens is 3. The monoisotopic (exact) mass is 272 g/mol. The largest absolute Gasteiger partial charge is 0.481 e. The third kappa shape index (κ3) is 3.99. The Kier molecular flexibility index (Phi) is 5.61. The molecule has 0 aliphatic carbocycles. The Morgan fingerprint density at radius 1 is 1.50 bits per heavy atom. The van der Waals surface area contributed by atoms with Gasteiger partial charge in [-0.25, -0.2) is 0 Å². The van der Waals surface area contributed by atoms with Crippen molar-refractivity contribution in [1.82, 2.24) is 19.7 Å². The molecule has 0 saturated carbocycles. The highest BCUT2D eigenvalue weighted by Gasteiger charge is 2.18. The minimum atomic E-state index is -0.840. The van der Waals surface area contributed by atoms with E-state index in [1.165, 1.54) is 11.8 Å². The first-order valence-corrected chi connectivity index (χ1v) is 6.87. The van der Waals surface area contributed by atoms with Gasteiger partial charge >= 0.3 is 5.97 Å². The van der Waals surface area contributed by atoms with Gasteiger partial charge in [-0.15, -0.1) is 10.2 Å². The zero-order valence-electron chi connectivity index (χ0n) is 11.3. The van der Waals surface area contributed by atoms with E-state index in [1.54, 1.807) is 0 Å². The van der Waals surface area contributed by atoms with Gasteiger partial charge in [0.15, 0.2) is 5.16 Å². The van der Waals surface area contributed by atoms with Crippen LogP contribution in [0.25, 0.3) is 0 Å². The summed E-state index contributed by atoms with van der Waals surface area (Å²) in [5, 5.41) is 17.6. The van der Waals surface area contributed by atoms with E-state index in [0.717, 1.165) is 18.8 Å². The Morgan fingerprint density at radius 3 is 2.67 bits per heavy atom. The molecule has 1 atom stereocenters. The molecular weight excluding hydrogens is 252 g/mol. The molecule has 0 aliphatic heterocycles. The minimum Gasteiger partial charge on any atom is -0.481 e. The number of thioether (sulfide) groups is 1. The Hall–Kier alpha value is -1.08. The fourth-order valence-electron chi connectivity index (χ4n) is 1.83. The van der Waals surface area contributed by atoms with E-state index in [-0.39, 0.29) is 11.8 Å². The minimum absolute atomic E-state index is 0.0104. The molecule has 0 fully saturated rings. The molecule has 0 amide bonds. The topological polar surface area (TPSA) is 71.2 Å². The van der Waals surface area contributed by atoms with Crippen LogP contribution in [0.4, 0.5) is 0 Å². The fraction of sp³-hybridized carbons (Fsp3) is 0.727. The standard InChI is InChI=1S/C11H20N4O2S/c1-5-9-12-13-11(18-7-10(16)17)15(9)8(2)6-14(3)4/h8H,5-7H2,1-4H3,(H,16,17). The summed E-state index contributed by atoms with van der Waals surface area (Å²) in [6.45, 7) is 4.98. The Morgan fingerprint density at radius 2 is 2.17 bits per heavy atom. The van der Waals surface area contributed by atoms with Crippen LogP contribution in [0.3, 0.4) is 0 Å². The van der Waals surface area contributed by atoms with Gasteiger partial charge in [0.25, 0.3) is 0 Å². The Labute approximate surface area is 111 Å². The lowest BCUT2D eigenvalue weighted by Gasteiger charge is -2.21. The number of carboxylic acids is 1. The van der Waals surface area contributed by atoms with Crippen molar-refractivity contribution in [3.63, 3.8) is 0 Å². The van der Waals surface area contributed by atoms with Crippen molar-refractivity contribution in [2.24, 2.45) is 0 Å². The number of carbonyl (C=O) groups is 1. The van der Waals surface area contributed by atoms with Crippen LogP contribution in [-0.4, -0.2) is 57.1 Å². The second kappa shape index (κ2) is 6.75. The first-order valence-electron chi connectivity index (χ1n) is 5.88. The third-order valence-electron chi connectivity index (χ3n) is 2.45. The molecule has 1 rings (SSSR count). The molecular formula is C11H20N4O2S. The first kappa shape index (κ1) is 15.0. The lowest BCUT2D eigenvalue weighted by Crippen LogP contribution is -2.24. The molecule has 0 bridgehead atoms. The number of hydrogen-bond donors (Lipinski definition) is 1. The molecule has 18 heavy (non-hydrogen) atoms. The van der Waals surface area contributed by atoms with Gasteiger partial charge in [0, 0.05) is 19.0 Å². The van der Waals surface area contributed by atoms with Gasteiger partial charge in [0.1, 0.15) is 5.82 Å². The van der Waals surface area contributed by atoms with Crippen molar-refractivity contribution >= 4 is 17.7 Å². The van der Waals surface area contributed by atoms with E-state index < -0.39 is 5.97 Å². The molecule has 0 radical (unpaired) electrons. The average Bonchev–Trinajstić information content (AvgIpc) is 2.68. The van der Waals surface area contributed by atoms with Crippen LogP contribution in [0, 0.1) is 0 Å². The number of nitrogens with zero attached hydrogens (tertiary/aromatic N) is 4. The van der Waals surface area contributed by atoms with Crippen molar-refractivity contribution in [3.05, 3.63) is 5.82 Å². The van der Waals surface area contributed by atoms with Gasteiger partial charge in [-0.3, -0.25) is 4.79 Å². The molecule has 0 aromatic carbocycles. The molecule has 1 aromatic rings. The molecule has 6 nitrogen and oxygen atoms in total. The lowest BCUT2D eigenvalue weighted by molar-refractivity contribution is -0.133. The molecule has 7 heteroatoms.